The molecule has 2 unspecified atom stereocenters. The van der Waals surface area contributed by atoms with E-state index in [0.717, 1.165) is 18.4 Å². The second kappa shape index (κ2) is 6.70. The van der Waals surface area contributed by atoms with Crippen LogP contribution >= 0.6 is 0 Å². The van der Waals surface area contributed by atoms with Crippen molar-refractivity contribution in [3.63, 3.8) is 0 Å². The summed E-state index contributed by atoms with van der Waals surface area (Å²) in [5.74, 6) is 1.66. The second-order valence-corrected chi connectivity index (χ2v) is 4.98. The summed E-state index contributed by atoms with van der Waals surface area (Å²) in [4.78, 5) is 8.35. The van der Waals surface area contributed by atoms with Gasteiger partial charge in [-0.1, -0.05) is 6.42 Å². The van der Waals surface area contributed by atoms with Gasteiger partial charge in [-0.05, 0) is 39.7 Å². The van der Waals surface area contributed by atoms with Gasteiger partial charge in [0.05, 0.1) is 12.2 Å². The minimum Gasteiger partial charge on any atom is -0.478 e. The van der Waals surface area contributed by atoms with E-state index >= 15 is 0 Å². The molecule has 2 atom stereocenters. The van der Waals surface area contributed by atoms with Gasteiger partial charge in [-0.2, -0.15) is 0 Å². The fourth-order valence-electron chi connectivity index (χ4n) is 2.56. The summed E-state index contributed by atoms with van der Waals surface area (Å²) < 4.78 is 11.5. The molecule has 0 spiro atoms. The zero-order valence-electron chi connectivity index (χ0n) is 11.8. The lowest BCUT2D eigenvalue weighted by atomic mass is 9.86. The summed E-state index contributed by atoms with van der Waals surface area (Å²) in [6, 6.07) is 0. The largest absolute Gasteiger partial charge is 0.478 e. The molecule has 106 valence electrons. The lowest BCUT2D eigenvalue weighted by Gasteiger charge is -2.31. The Kier molecular flexibility index (Phi) is 4.96. The molecule has 0 radical (unpaired) electrons. The maximum Gasteiger partial charge on any atom is 0.223 e. The van der Waals surface area contributed by atoms with E-state index in [1.807, 2.05) is 13.8 Å². The van der Waals surface area contributed by atoms with Crippen LogP contribution in [0.3, 0.4) is 0 Å². The lowest BCUT2D eigenvalue weighted by Crippen LogP contribution is -2.35. The first-order chi connectivity index (χ1) is 9.26. The van der Waals surface area contributed by atoms with Crippen molar-refractivity contribution in [2.45, 2.75) is 45.6 Å². The van der Waals surface area contributed by atoms with Crippen molar-refractivity contribution < 1.29 is 9.47 Å². The van der Waals surface area contributed by atoms with Crippen molar-refractivity contribution in [2.24, 2.45) is 11.7 Å². The molecule has 2 N–H and O–H groups in total. The summed E-state index contributed by atoms with van der Waals surface area (Å²) in [6.45, 7) is 5.13. The zero-order chi connectivity index (χ0) is 13.7. The maximum atomic E-state index is 6.07. The molecule has 1 fully saturated rings. The molecule has 0 aromatic carbocycles. The van der Waals surface area contributed by atoms with E-state index in [0.29, 0.717) is 30.8 Å². The summed E-state index contributed by atoms with van der Waals surface area (Å²) in [5.41, 5.74) is 6.69. The highest BCUT2D eigenvalue weighted by molar-refractivity contribution is 5.32. The van der Waals surface area contributed by atoms with Crippen LogP contribution in [0.5, 0.6) is 11.8 Å². The number of ether oxygens (including phenoxy) is 2. The first-order valence-corrected chi connectivity index (χ1v) is 7.07. The van der Waals surface area contributed by atoms with Gasteiger partial charge in [-0.3, -0.25) is 0 Å². The standard InChI is InChI=1S/C14H23N3O2/c1-3-18-13-10(2)14(17-9-16-13)19-12-7-5-4-6-11(12)8-15/h9,11-12H,3-8,15H2,1-2H3. The van der Waals surface area contributed by atoms with Crippen LogP contribution in [-0.2, 0) is 0 Å². The van der Waals surface area contributed by atoms with Gasteiger partial charge < -0.3 is 15.2 Å². The van der Waals surface area contributed by atoms with Crippen molar-refractivity contribution in [2.75, 3.05) is 13.2 Å². The average molecular weight is 265 g/mol. The Balaban J connectivity index is 2.11. The summed E-state index contributed by atoms with van der Waals surface area (Å²) in [7, 11) is 0. The second-order valence-electron chi connectivity index (χ2n) is 4.98. The van der Waals surface area contributed by atoms with E-state index in [4.69, 9.17) is 15.2 Å². The Hall–Kier alpha value is -1.36. The van der Waals surface area contributed by atoms with Gasteiger partial charge in [0, 0.05) is 5.92 Å². The van der Waals surface area contributed by atoms with Crippen LogP contribution in [0.1, 0.15) is 38.2 Å². The molecular formula is C14H23N3O2. The Morgan fingerprint density at radius 2 is 2.00 bits per heavy atom. The van der Waals surface area contributed by atoms with Crippen LogP contribution in [0, 0.1) is 12.8 Å². The van der Waals surface area contributed by atoms with Crippen LogP contribution in [0.25, 0.3) is 0 Å². The van der Waals surface area contributed by atoms with Crippen molar-refractivity contribution in [1.29, 1.82) is 0 Å². The smallest absolute Gasteiger partial charge is 0.223 e. The highest BCUT2D eigenvalue weighted by Crippen LogP contribution is 2.30. The molecule has 0 amide bonds. The zero-order valence-corrected chi connectivity index (χ0v) is 11.8. The number of hydrogen-bond acceptors (Lipinski definition) is 5. The number of nitrogens with zero attached hydrogens (tertiary/aromatic N) is 2. The van der Waals surface area contributed by atoms with E-state index in [9.17, 15) is 0 Å². The predicted octanol–water partition coefficient (Wildman–Crippen LogP) is 2.08. The lowest BCUT2D eigenvalue weighted by molar-refractivity contribution is 0.0907. The maximum absolute atomic E-state index is 6.07. The number of nitrogens with two attached hydrogens (primary N) is 1. The highest BCUT2D eigenvalue weighted by Gasteiger charge is 2.26. The Bertz CT molecular complexity index is 412. The Morgan fingerprint density at radius 1 is 1.26 bits per heavy atom. The van der Waals surface area contributed by atoms with Crippen LogP contribution in [0.15, 0.2) is 6.33 Å². The van der Waals surface area contributed by atoms with Crippen LogP contribution in [-0.4, -0.2) is 29.2 Å². The summed E-state index contributed by atoms with van der Waals surface area (Å²) in [6.07, 6.45) is 6.30. The molecule has 1 aliphatic carbocycles. The topological polar surface area (TPSA) is 70.3 Å². The SMILES string of the molecule is CCOc1ncnc(OC2CCCCC2CN)c1C. The molecule has 19 heavy (non-hydrogen) atoms. The number of aromatic nitrogens is 2. The predicted molar refractivity (Wildman–Crippen MR) is 73.4 cm³/mol. The van der Waals surface area contributed by atoms with Gasteiger partial charge in [0.15, 0.2) is 0 Å². The molecule has 0 aliphatic heterocycles. The van der Waals surface area contributed by atoms with Crippen molar-refractivity contribution in [3.8, 4) is 11.8 Å². The molecule has 0 bridgehead atoms. The molecule has 1 heterocycles. The molecule has 5 heteroatoms. The molecule has 0 saturated heterocycles. The van der Waals surface area contributed by atoms with Gasteiger partial charge >= 0.3 is 0 Å². The van der Waals surface area contributed by atoms with E-state index in [2.05, 4.69) is 9.97 Å². The highest BCUT2D eigenvalue weighted by atomic mass is 16.5. The minimum atomic E-state index is 0.168. The van der Waals surface area contributed by atoms with Gasteiger partial charge in [0.25, 0.3) is 0 Å². The fourth-order valence-corrected chi connectivity index (χ4v) is 2.56. The summed E-state index contributed by atoms with van der Waals surface area (Å²) >= 11 is 0. The molecule has 2 rings (SSSR count). The molecule has 1 aromatic heterocycles. The molecule has 5 nitrogen and oxygen atoms in total. The normalized spacial score (nSPS) is 23.1. The molecule has 1 saturated carbocycles. The number of rotatable bonds is 5. The van der Waals surface area contributed by atoms with Gasteiger partial charge in [0.2, 0.25) is 11.8 Å². The van der Waals surface area contributed by atoms with Crippen LogP contribution in [0.2, 0.25) is 0 Å². The van der Waals surface area contributed by atoms with Crippen molar-refractivity contribution in [1.82, 2.24) is 9.97 Å². The summed E-state index contributed by atoms with van der Waals surface area (Å²) in [5, 5.41) is 0. The molecule has 1 aromatic rings. The monoisotopic (exact) mass is 265 g/mol. The quantitative estimate of drug-likeness (QED) is 0.882. The molecular weight excluding hydrogens is 242 g/mol. The third-order valence-corrected chi connectivity index (χ3v) is 3.68. The van der Waals surface area contributed by atoms with Crippen LogP contribution in [0.4, 0.5) is 0 Å². The van der Waals surface area contributed by atoms with Crippen molar-refractivity contribution in [3.05, 3.63) is 11.9 Å². The third kappa shape index (κ3) is 3.35. The van der Waals surface area contributed by atoms with Gasteiger partial charge in [0.1, 0.15) is 12.4 Å². The average Bonchev–Trinajstić information content (AvgIpc) is 2.44. The van der Waals surface area contributed by atoms with E-state index in [1.165, 1.54) is 19.2 Å². The first kappa shape index (κ1) is 14.1. The van der Waals surface area contributed by atoms with Crippen LogP contribution < -0.4 is 15.2 Å². The third-order valence-electron chi connectivity index (χ3n) is 3.68. The Labute approximate surface area is 114 Å². The Morgan fingerprint density at radius 3 is 2.74 bits per heavy atom. The van der Waals surface area contributed by atoms with E-state index < -0.39 is 0 Å². The van der Waals surface area contributed by atoms with E-state index in [1.54, 1.807) is 0 Å². The molecule has 1 aliphatic rings. The van der Waals surface area contributed by atoms with E-state index in [-0.39, 0.29) is 6.10 Å². The minimum absolute atomic E-state index is 0.168. The fraction of sp³-hybridized carbons (Fsp3) is 0.714. The van der Waals surface area contributed by atoms with Gasteiger partial charge in [-0.15, -0.1) is 0 Å². The van der Waals surface area contributed by atoms with Crippen molar-refractivity contribution >= 4 is 0 Å². The first-order valence-electron chi connectivity index (χ1n) is 7.07. The van der Waals surface area contributed by atoms with Gasteiger partial charge in [-0.25, -0.2) is 9.97 Å². The number of hydrogen-bond donors (Lipinski definition) is 1.